The van der Waals surface area contributed by atoms with E-state index in [0.29, 0.717) is 0 Å². The highest BCUT2D eigenvalue weighted by atomic mass is 19.4. The van der Waals surface area contributed by atoms with Crippen LogP contribution < -0.4 is 10.1 Å². The van der Waals surface area contributed by atoms with Crippen LogP contribution >= 0.6 is 0 Å². The van der Waals surface area contributed by atoms with Gasteiger partial charge in [0.05, 0.1) is 20.0 Å². The lowest BCUT2D eigenvalue weighted by Gasteiger charge is -2.16. The molecule has 122 valence electrons. The first kappa shape index (κ1) is 17.7. The number of ether oxygens (including phenoxy) is 1. The maximum Gasteiger partial charge on any atom is 0.391 e. The quantitative estimate of drug-likeness (QED) is 0.784. The monoisotopic (exact) mass is 323 g/mol. The molecule has 1 unspecified atom stereocenters. The third kappa shape index (κ3) is 5.58. The van der Waals surface area contributed by atoms with Crippen LogP contribution in [0.15, 0.2) is 18.2 Å². The number of carboxylic acid groups (broad SMARTS) is 1. The number of nitrogens with one attached hydrogen (secondary N) is 1. The minimum Gasteiger partial charge on any atom is -0.496 e. The molecule has 0 spiro atoms. The van der Waals surface area contributed by atoms with Crippen molar-refractivity contribution >= 4 is 11.9 Å². The zero-order valence-corrected chi connectivity index (χ0v) is 11.4. The van der Waals surface area contributed by atoms with Gasteiger partial charge in [-0.25, -0.2) is 9.18 Å². The lowest BCUT2D eigenvalue weighted by atomic mass is 10.1. The van der Waals surface area contributed by atoms with Crippen molar-refractivity contribution in [1.82, 2.24) is 5.32 Å². The van der Waals surface area contributed by atoms with Crippen LogP contribution in [0.1, 0.15) is 12.0 Å². The Balaban J connectivity index is 2.80. The Bertz CT molecular complexity index is 559. The number of methoxy groups -OCH3 is 1. The number of hydrogen-bond donors (Lipinski definition) is 2. The van der Waals surface area contributed by atoms with Gasteiger partial charge in [0.25, 0.3) is 0 Å². The Morgan fingerprint density at radius 3 is 2.50 bits per heavy atom. The van der Waals surface area contributed by atoms with Gasteiger partial charge in [-0.1, -0.05) is 0 Å². The van der Waals surface area contributed by atoms with Crippen LogP contribution in [0.5, 0.6) is 5.75 Å². The molecule has 1 rings (SSSR count). The Morgan fingerprint density at radius 2 is 2.00 bits per heavy atom. The van der Waals surface area contributed by atoms with Gasteiger partial charge in [-0.2, -0.15) is 13.2 Å². The lowest BCUT2D eigenvalue weighted by Crippen LogP contribution is -2.44. The highest BCUT2D eigenvalue weighted by Crippen LogP contribution is 2.22. The maximum atomic E-state index is 13.1. The van der Waals surface area contributed by atoms with Crippen molar-refractivity contribution in [3.8, 4) is 5.75 Å². The summed E-state index contributed by atoms with van der Waals surface area (Å²) in [4.78, 5) is 22.4. The lowest BCUT2D eigenvalue weighted by molar-refractivity contribution is -0.159. The van der Waals surface area contributed by atoms with E-state index in [-0.39, 0.29) is 11.3 Å². The first-order valence-corrected chi connectivity index (χ1v) is 6.03. The molecule has 1 atom stereocenters. The van der Waals surface area contributed by atoms with Gasteiger partial charge in [-0.05, 0) is 18.2 Å². The van der Waals surface area contributed by atoms with E-state index < -0.39 is 42.8 Å². The molecule has 1 aromatic carbocycles. The van der Waals surface area contributed by atoms with Crippen molar-refractivity contribution in [1.29, 1.82) is 0 Å². The summed E-state index contributed by atoms with van der Waals surface area (Å²) in [6.45, 7) is 0. The fraction of sp³-hybridized carbons (Fsp3) is 0.385. The number of carboxylic acids is 1. The maximum absolute atomic E-state index is 13.1. The second kappa shape index (κ2) is 7.10. The third-order valence-corrected chi connectivity index (χ3v) is 2.66. The molecule has 1 aromatic rings. The van der Waals surface area contributed by atoms with Crippen molar-refractivity contribution in [2.24, 2.45) is 0 Å². The number of benzene rings is 1. The minimum atomic E-state index is -4.74. The van der Waals surface area contributed by atoms with E-state index in [2.05, 4.69) is 0 Å². The van der Waals surface area contributed by atoms with Gasteiger partial charge in [0, 0.05) is 5.56 Å². The topological polar surface area (TPSA) is 75.6 Å². The molecule has 5 nitrogen and oxygen atoms in total. The van der Waals surface area contributed by atoms with E-state index in [1.165, 1.54) is 13.2 Å². The Hall–Kier alpha value is -2.32. The number of amides is 1. The summed E-state index contributed by atoms with van der Waals surface area (Å²) < 4.78 is 54.7. The summed E-state index contributed by atoms with van der Waals surface area (Å²) >= 11 is 0. The summed E-state index contributed by atoms with van der Waals surface area (Å²) in [7, 11) is 1.28. The number of alkyl halides is 3. The van der Waals surface area contributed by atoms with Gasteiger partial charge in [0.2, 0.25) is 5.91 Å². The summed E-state index contributed by atoms with van der Waals surface area (Å²) in [5.41, 5.74) is 0.0937. The molecule has 2 N–H and O–H groups in total. The van der Waals surface area contributed by atoms with Gasteiger partial charge >= 0.3 is 12.1 Å². The average molecular weight is 323 g/mol. The van der Waals surface area contributed by atoms with Crippen molar-refractivity contribution in [2.45, 2.75) is 25.1 Å². The molecule has 0 bridgehead atoms. The predicted molar refractivity (Wildman–Crippen MR) is 66.9 cm³/mol. The number of carbonyl (C=O) groups is 2. The molecule has 0 fully saturated rings. The summed E-state index contributed by atoms with van der Waals surface area (Å²) in [6.07, 6.45) is -6.95. The molecule has 0 saturated heterocycles. The predicted octanol–water partition coefficient (Wildman–Crippen LogP) is 1.90. The smallest absolute Gasteiger partial charge is 0.391 e. The van der Waals surface area contributed by atoms with Crippen LogP contribution in [0.25, 0.3) is 0 Å². The van der Waals surface area contributed by atoms with E-state index in [1.54, 1.807) is 5.32 Å². The molecule has 0 aliphatic carbocycles. The highest BCUT2D eigenvalue weighted by Gasteiger charge is 2.36. The summed E-state index contributed by atoms with van der Waals surface area (Å²) in [6, 6.07) is 1.22. The average Bonchev–Trinajstić information content (AvgIpc) is 2.36. The van der Waals surface area contributed by atoms with E-state index in [4.69, 9.17) is 9.84 Å². The molecule has 0 saturated carbocycles. The van der Waals surface area contributed by atoms with Crippen LogP contribution in [0.3, 0.4) is 0 Å². The number of halogens is 4. The standard InChI is InChI=1S/C13H13F4NO4/c1-22-10-3-2-8(14)4-7(10)5-11(19)18-9(12(20)21)6-13(15,16)17/h2-4,9H,5-6H2,1H3,(H,18,19)(H,20,21). The molecular formula is C13H13F4NO4. The normalized spacial score (nSPS) is 12.6. The fourth-order valence-corrected chi connectivity index (χ4v) is 1.74. The third-order valence-electron chi connectivity index (χ3n) is 2.66. The highest BCUT2D eigenvalue weighted by molar-refractivity contribution is 5.85. The Labute approximate surface area is 122 Å². The Morgan fingerprint density at radius 1 is 1.36 bits per heavy atom. The largest absolute Gasteiger partial charge is 0.496 e. The van der Waals surface area contributed by atoms with Gasteiger partial charge in [0.15, 0.2) is 0 Å². The summed E-state index contributed by atoms with van der Waals surface area (Å²) in [5, 5.41) is 10.5. The molecule has 1 amide bonds. The molecule has 22 heavy (non-hydrogen) atoms. The van der Waals surface area contributed by atoms with Crippen LogP contribution in [0.4, 0.5) is 17.6 Å². The van der Waals surface area contributed by atoms with Crippen molar-refractivity contribution in [2.75, 3.05) is 7.11 Å². The van der Waals surface area contributed by atoms with E-state index in [1.807, 2.05) is 0 Å². The molecular weight excluding hydrogens is 310 g/mol. The molecule has 0 radical (unpaired) electrons. The van der Waals surface area contributed by atoms with E-state index in [0.717, 1.165) is 12.1 Å². The van der Waals surface area contributed by atoms with Crippen LogP contribution in [0.2, 0.25) is 0 Å². The first-order valence-electron chi connectivity index (χ1n) is 6.03. The minimum absolute atomic E-state index is 0.0937. The number of aliphatic carboxylic acids is 1. The van der Waals surface area contributed by atoms with Gasteiger partial charge in [-0.3, -0.25) is 4.79 Å². The molecule has 0 aliphatic heterocycles. The van der Waals surface area contributed by atoms with Gasteiger partial charge in [-0.15, -0.1) is 0 Å². The second-order valence-electron chi connectivity index (χ2n) is 4.41. The molecule has 0 heterocycles. The number of carbonyl (C=O) groups excluding carboxylic acids is 1. The molecule has 9 heteroatoms. The van der Waals surface area contributed by atoms with Gasteiger partial charge < -0.3 is 15.2 Å². The van der Waals surface area contributed by atoms with E-state index >= 15 is 0 Å². The molecule has 0 aliphatic rings. The van der Waals surface area contributed by atoms with Gasteiger partial charge in [0.1, 0.15) is 17.6 Å². The van der Waals surface area contributed by atoms with E-state index in [9.17, 15) is 27.2 Å². The SMILES string of the molecule is COc1ccc(F)cc1CC(=O)NC(CC(F)(F)F)C(=O)O. The molecule has 0 aromatic heterocycles. The number of hydrogen-bond acceptors (Lipinski definition) is 3. The van der Waals surface area contributed by atoms with Crippen LogP contribution in [-0.2, 0) is 16.0 Å². The zero-order valence-electron chi connectivity index (χ0n) is 11.4. The van der Waals surface area contributed by atoms with Crippen LogP contribution in [0, 0.1) is 5.82 Å². The zero-order chi connectivity index (χ0) is 16.9. The Kier molecular flexibility index (Phi) is 5.72. The fourth-order valence-electron chi connectivity index (χ4n) is 1.74. The number of rotatable bonds is 6. The van der Waals surface area contributed by atoms with Crippen molar-refractivity contribution in [3.63, 3.8) is 0 Å². The summed E-state index contributed by atoms with van der Waals surface area (Å²) in [5.74, 6) is -3.29. The van der Waals surface area contributed by atoms with Crippen molar-refractivity contribution in [3.05, 3.63) is 29.6 Å². The van der Waals surface area contributed by atoms with Crippen LogP contribution in [-0.4, -0.2) is 36.3 Å². The second-order valence-corrected chi connectivity index (χ2v) is 4.41. The van der Waals surface area contributed by atoms with Crippen molar-refractivity contribution < 1.29 is 37.0 Å². The first-order chi connectivity index (χ1) is 10.1.